The van der Waals surface area contributed by atoms with Crippen molar-refractivity contribution in [2.75, 3.05) is 5.32 Å². The normalized spacial score (nSPS) is 13.3. The zero-order valence-corrected chi connectivity index (χ0v) is 18.8. The van der Waals surface area contributed by atoms with E-state index in [-0.39, 0.29) is 18.1 Å². The molecule has 33 heavy (non-hydrogen) atoms. The molecule has 0 aliphatic heterocycles. The fraction of sp³-hybridized carbons (Fsp3) is 0.240. The number of hydrogen-bond acceptors (Lipinski definition) is 4. The predicted molar refractivity (Wildman–Crippen MR) is 125 cm³/mol. The lowest BCUT2D eigenvalue weighted by Gasteiger charge is -2.11. The minimum atomic E-state index is -0.353. The van der Waals surface area contributed by atoms with E-state index < -0.39 is 0 Å². The molecule has 168 valence electrons. The second kappa shape index (κ2) is 8.83. The summed E-state index contributed by atoms with van der Waals surface area (Å²) in [6.45, 7) is 2.66. The molecule has 1 fully saturated rings. The van der Waals surface area contributed by atoms with E-state index in [9.17, 15) is 9.18 Å². The monoisotopic (exact) mass is 464 g/mol. The van der Waals surface area contributed by atoms with Gasteiger partial charge < -0.3 is 9.30 Å². The maximum atomic E-state index is 13.7. The minimum absolute atomic E-state index is 0.115. The summed E-state index contributed by atoms with van der Waals surface area (Å²) in [5, 5.41) is 3.28. The summed E-state index contributed by atoms with van der Waals surface area (Å²) in [5.74, 6) is 1.37. The molecule has 8 heteroatoms. The number of pyridine rings is 1. The van der Waals surface area contributed by atoms with Crippen molar-refractivity contribution >= 4 is 34.5 Å². The van der Waals surface area contributed by atoms with Crippen LogP contribution in [-0.4, -0.2) is 20.4 Å². The van der Waals surface area contributed by atoms with Crippen LogP contribution in [0.4, 0.5) is 10.3 Å². The van der Waals surface area contributed by atoms with Gasteiger partial charge in [-0.3, -0.25) is 10.1 Å². The summed E-state index contributed by atoms with van der Waals surface area (Å²) in [6, 6.07) is 13.5. The number of aryl methyl sites for hydroxylation is 1. The Hall–Kier alpha value is -3.45. The first kappa shape index (κ1) is 21.4. The van der Waals surface area contributed by atoms with Crippen LogP contribution in [0.5, 0.6) is 11.6 Å². The molecule has 0 saturated heterocycles. The first-order chi connectivity index (χ1) is 16.0. The molecule has 0 bridgehead atoms. The number of rotatable bonds is 7. The van der Waals surface area contributed by atoms with Crippen LogP contribution in [0.2, 0.25) is 5.02 Å². The molecule has 2 aromatic carbocycles. The van der Waals surface area contributed by atoms with Gasteiger partial charge in [-0.1, -0.05) is 23.7 Å². The van der Waals surface area contributed by atoms with Crippen LogP contribution in [0.1, 0.15) is 24.0 Å². The highest BCUT2D eigenvalue weighted by Gasteiger charge is 2.25. The lowest BCUT2D eigenvalue weighted by molar-refractivity contribution is -0.115. The van der Waals surface area contributed by atoms with E-state index in [1.54, 1.807) is 30.5 Å². The van der Waals surface area contributed by atoms with Gasteiger partial charge in [-0.25, -0.2) is 14.4 Å². The molecular weight excluding hydrogens is 443 g/mol. The van der Waals surface area contributed by atoms with Gasteiger partial charge in [0.2, 0.25) is 17.7 Å². The van der Waals surface area contributed by atoms with Gasteiger partial charge in [0.15, 0.2) is 0 Å². The number of amides is 1. The Balaban J connectivity index is 1.31. The maximum Gasteiger partial charge on any atom is 0.231 e. The lowest BCUT2D eigenvalue weighted by atomic mass is 10.1. The first-order valence-electron chi connectivity index (χ1n) is 10.8. The van der Waals surface area contributed by atoms with Crippen LogP contribution in [0.25, 0.3) is 11.0 Å². The molecule has 4 aromatic rings. The highest BCUT2D eigenvalue weighted by atomic mass is 35.5. The molecule has 1 aliphatic rings. The summed E-state index contributed by atoms with van der Waals surface area (Å²) in [5.41, 5.74) is 2.97. The molecule has 0 spiro atoms. The molecule has 6 nitrogen and oxygen atoms in total. The highest BCUT2D eigenvalue weighted by molar-refractivity contribution is 6.32. The van der Waals surface area contributed by atoms with Crippen LogP contribution in [0.15, 0.2) is 54.7 Å². The smallest absolute Gasteiger partial charge is 0.231 e. The molecule has 0 radical (unpaired) electrons. The van der Waals surface area contributed by atoms with E-state index in [1.165, 1.54) is 12.1 Å². The number of aromatic nitrogens is 3. The van der Waals surface area contributed by atoms with Gasteiger partial charge in [0, 0.05) is 24.4 Å². The van der Waals surface area contributed by atoms with Crippen molar-refractivity contribution in [2.45, 2.75) is 32.7 Å². The second-order valence-electron chi connectivity index (χ2n) is 8.34. The Morgan fingerprint density at radius 1 is 1.24 bits per heavy atom. The summed E-state index contributed by atoms with van der Waals surface area (Å²) in [7, 11) is 0. The van der Waals surface area contributed by atoms with E-state index in [0.29, 0.717) is 34.0 Å². The summed E-state index contributed by atoms with van der Waals surface area (Å²) < 4.78 is 21.4. The number of hydrogen-bond donors (Lipinski definition) is 1. The average Bonchev–Trinajstić information content (AvgIpc) is 3.54. The zero-order chi connectivity index (χ0) is 22.9. The highest BCUT2D eigenvalue weighted by Crippen LogP contribution is 2.34. The fourth-order valence-corrected chi connectivity index (χ4v) is 3.96. The predicted octanol–water partition coefficient (Wildman–Crippen LogP) is 5.92. The van der Waals surface area contributed by atoms with Gasteiger partial charge in [0.25, 0.3) is 0 Å². The molecule has 1 amide bonds. The summed E-state index contributed by atoms with van der Waals surface area (Å²) in [6.07, 6.45) is 4.07. The van der Waals surface area contributed by atoms with Crippen LogP contribution >= 0.6 is 11.6 Å². The number of anilines is 1. The minimum Gasteiger partial charge on any atom is -0.437 e. The molecule has 2 aromatic heterocycles. The van der Waals surface area contributed by atoms with Gasteiger partial charge in [-0.05, 0) is 61.6 Å². The SMILES string of the molecule is Cc1cccnc1Oc1ccc(CC(=O)Nc2nc3cc(F)ccc3n2CC2CC2)cc1Cl. The zero-order valence-electron chi connectivity index (χ0n) is 18.0. The van der Waals surface area contributed by atoms with E-state index >= 15 is 0 Å². The molecule has 1 saturated carbocycles. The topological polar surface area (TPSA) is 69.0 Å². The number of nitrogens with one attached hydrogen (secondary N) is 1. The van der Waals surface area contributed by atoms with E-state index in [2.05, 4.69) is 15.3 Å². The van der Waals surface area contributed by atoms with Crippen LogP contribution < -0.4 is 10.1 Å². The van der Waals surface area contributed by atoms with E-state index in [0.717, 1.165) is 36.0 Å². The van der Waals surface area contributed by atoms with Gasteiger partial charge >= 0.3 is 0 Å². The average molecular weight is 465 g/mol. The standard InChI is InChI=1S/C25H22ClFN4O2/c1-15-3-2-10-28-24(15)33-22-9-6-17(11-19(22)26)12-23(32)30-25-29-20-13-18(27)7-8-21(20)31(25)14-16-4-5-16/h2-3,6-11,13,16H,4-5,12,14H2,1H3,(H,29,30,32). The molecule has 2 heterocycles. The van der Waals surface area contributed by atoms with Gasteiger partial charge in [0.1, 0.15) is 11.6 Å². The van der Waals surface area contributed by atoms with Crippen molar-refractivity contribution in [3.63, 3.8) is 0 Å². The van der Waals surface area contributed by atoms with Gasteiger partial charge in [-0.15, -0.1) is 0 Å². The molecular formula is C25H22ClFN4O2. The van der Waals surface area contributed by atoms with Crippen molar-refractivity contribution in [1.29, 1.82) is 0 Å². The Labute approximate surface area is 195 Å². The lowest BCUT2D eigenvalue weighted by Crippen LogP contribution is -2.18. The third kappa shape index (κ3) is 4.83. The Bertz CT molecular complexity index is 1350. The molecule has 0 atom stereocenters. The molecule has 1 N–H and O–H groups in total. The third-order valence-electron chi connectivity index (χ3n) is 5.63. The number of imidazole rings is 1. The first-order valence-corrected chi connectivity index (χ1v) is 11.2. The van der Waals surface area contributed by atoms with Crippen LogP contribution in [0.3, 0.4) is 0 Å². The van der Waals surface area contributed by atoms with Crippen LogP contribution in [0, 0.1) is 18.7 Å². The van der Waals surface area contributed by atoms with Crippen molar-refractivity contribution in [1.82, 2.24) is 14.5 Å². The van der Waals surface area contributed by atoms with Crippen molar-refractivity contribution in [2.24, 2.45) is 5.92 Å². The largest absolute Gasteiger partial charge is 0.437 e. The Morgan fingerprint density at radius 2 is 2.09 bits per heavy atom. The number of carbonyl (C=O) groups is 1. The number of benzene rings is 2. The van der Waals surface area contributed by atoms with Crippen molar-refractivity contribution < 1.29 is 13.9 Å². The third-order valence-corrected chi connectivity index (χ3v) is 5.92. The quantitative estimate of drug-likeness (QED) is 0.369. The van der Waals surface area contributed by atoms with Gasteiger partial charge in [-0.2, -0.15) is 0 Å². The molecule has 0 unspecified atom stereocenters. The number of fused-ring (bicyclic) bond motifs is 1. The fourth-order valence-electron chi connectivity index (χ4n) is 3.72. The number of ether oxygens (including phenoxy) is 1. The number of halogens is 2. The summed E-state index contributed by atoms with van der Waals surface area (Å²) in [4.78, 5) is 21.5. The number of carbonyl (C=O) groups excluding carboxylic acids is 1. The molecule has 1 aliphatic carbocycles. The second-order valence-corrected chi connectivity index (χ2v) is 8.75. The maximum absolute atomic E-state index is 13.7. The Kier molecular flexibility index (Phi) is 5.72. The number of nitrogens with zero attached hydrogens (tertiary/aromatic N) is 3. The van der Waals surface area contributed by atoms with Crippen molar-refractivity contribution in [3.05, 3.63) is 76.7 Å². The molecule has 5 rings (SSSR count). The van der Waals surface area contributed by atoms with E-state index in [1.807, 2.05) is 23.6 Å². The van der Waals surface area contributed by atoms with Gasteiger partial charge in [0.05, 0.1) is 22.5 Å². The summed E-state index contributed by atoms with van der Waals surface area (Å²) >= 11 is 6.40. The van der Waals surface area contributed by atoms with Crippen molar-refractivity contribution in [3.8, 4) is 11.6 Å². The van der Waals surface area contributed by atoms with Crippen LogP contribution in [-0.2, 0) is 17.8 Å². The Morgan fingerprint density at radius 3 is 2.85 bits per heavy atom. The van der Waals surface area contributed by atoms with E-state index in [4.69, 9.17) is 16.3 Å².